The number of halogens is 3. The van der Waals surface area contributed by atoms with Crippen molar-refractivity contribution in [2.24, 2.45) is 0 Å². The van der Waals surface area contributed by atoms with E-state index in [2.05, 4.69) is 0 Å². The summed E-state index contributed by atoms with van der Waals surface area (Å²) in [4.78, 5) is 19.9. The molecule has 0 bridgehead atoms. The van der Waals surface area contributed by atoms with Gasteiger partial charge in [0.1, 0.15) is 5.78 Å². The zero-order valence-electron chi connectivity index (χ0n) is 5.45. The quantitative estimate of drug-likeness (QED) is 0.714. The molecule has 0 aliphatic rings. The predicted octanol–water partition coefficient (Wildman–Crippen LogP) is 1.10. The molecule has 0 radical (unpaired) electrons. The summed E-state index contributed by atoms with van der Waals surface area (Å²) in [5, 5.41) is 0. The Morgan fingerprint density at radius 2 is 1.64 bits per heavy atom. The average molecular weight is 321 g/mol. The van der Waals surface area contributed by atoms with Gasteiger partial charge < -0.3 is 0 Å². The van der Waals surface area contributed by atoms with Crippen molar-refractivity contribution in [3.63, 3.8) is 0 Å². The number of rotatable bonds is 2. The Morgan fingerprint density at radius 1 is 1.27 bits per heavy atom. The first-order chi connectivity index (χ1) is 4.34. The minimum absolute atomic E-state index is 0. The molecule has 0 rings (SSSR count). The molecule has 70 valence electrons. The molecule has 11 heavy (non-hydrogen) atoms. The van der Waals surface area contributed by atoms with E-state index in [1.807, 2.05) is 0 Å². The molecule has 0 aromatic rings. The number of hydrogen-bond acceptors (Lipinski definition) is 2. The van der Waals surface area contributed by atoms with Crippen molar-refractivity contribution in [2.75, 3.05) is 0 Å². The van der Waals surface area contributed by atoms with E-state index in [1.165, 1.54) is 0 Å². The summed E-state index contributed by atoms with van der Waals surface area (Å²) < 4.78 is 33.9. The van der Waals surface area contributed by atoms with E-state index in [1.54, 1.807) is 0 Å². The van der Waals surface area contributed by atoms with Crippen molar-refractivity contribution in [1.82, 2.24) is 0 Å². The summed E-state index contributed by atoms with van der Waals surface area (Å²) in [7, 11) is 0. The van der Waals surface area contributed by atoms with Crippen LogP contribution in [0.2, 0.25) is 0 Å². The van der Waals surface area contributed by atoms with Crippen molar-refractivity contribution in [3.05, 3.63) is 0 Å². The summed E-state index contributed by atoms with van der Waals surface area (Å²) in [5.74, 6) is -2.76. The first-order valence-corrected chi connectivity index (χ1v) is 2.43. The topological polar surface area (TPSA) is 34.1 Å². The van der Waals surface area contributed by atoms with Crippen LogP contribution in [-0.4, -0.2) is 17.7 Å². The molecule has 0 fully saturated rings. The minimum atomic E-state index is -4.87. The zero-order chi connectivity index (χ0) is 8.36. The molecule has 0 heterocycles. The van der Waals surface area contributed by atoms with Crippen molar-refractivity contribution >= 4 is 11.6 Å². The molecule has 0 aliphatic heterocycles. The Morgan fingerprint density at radius 3 is 1.73 bits per heavy atom. The van der Waals surface area contributed by atoms with Gasteiger partial charge in [-0.05, 0) is 6.92 Å². The second kappa shape index (κ2) is 5.10. The van der Waals surface area contributed by atoms with Crippen LogP contribution in [0.5, 0.6) is 0 Å². The number of carbonyl (C=O) groups excluding carboxylic acids is 2. The Balaban J connectivity index is 0. The molecule has 0 saturated carbocycles. The van der Waals surface area contributed by atoms with E-state index in [0.29, 0.717) is 0 Å². The Hall–Kier alpha value is 0.377. The monoisotopic (exact) mass is 320 g/mol. The molecule has 0 aromatic carbocycles. The van der Waals surface area contributed by atoms with Crippen LogP contribution in [-0.2, 0) is 9.59 Å². The van der Waals surface area contributed by atoms with E-state index >= 15 is 0 Å². The average Bonchev–Trinajstić information content (AvgIpc) is 1.60. The standard InChI is InChI=1S/C5H5F3O2.Er/c1-3(9)2-4(10)5(6,7)8;/h2H2,1H3;. The first kappa shape index (κ1) is 13.9. The van der Waals surface area contributed by atoms with Gasteiger partial charge in [0.2, 0.25) is 5.78 Å². The molecule has 0 unspecified atom stereocenters. The van der Waals surface area contributed by atoms with Gasteiger partial charge in [-0.2, -0.15) is 13.2 Å². The fourth-order valence-electron chi connectivity index (χ4n) is 0.326. The Kier molecular flexibility index (Phi) is 6.46. The second-order valence-corrected chi connectivity index (χ2v) is 1.80. The molecule has 0 aromatic heterocycles. The summed E-state index contributed by atoms with van der Waals surface area (Å²) in [6.45, 7) is 0.934. The minimum Gasteiger partial charge on any atom is -0.300 e. The number of ketones is 2. The van der Waals surface area contributed by atoms with Gasteiger partial charge in [0.15, 0.2) is 0 Å². The van der Waals surface area contributed by atoms with Gasteiger partial charge in [-0.3, -0.25) is 9.59 Å². The fourth-order valence-corrected chi connectivity index (χ4v) is 0.326. The molecule has 0 spiro atoms. The molecule has 0 N–H and O–H groups in total. The first-order valence-electron chi connectivity index (χ1n) is 2.43. The third-order valence-corrected chi connectivity index (χ3v) is 0.726. The Bertz CT molecular complexity index is 164. The zero-order valence-corrected chi connectivity index (χ0v) is 7.30. The smallest absolute Gasteiger partial charge is 0.300 e. The van der Waals surface area contributed by atoms with Crippen LogP contribution in [0.1, 0.15) is 13.3 Å². The van der Waals surface area contributed by atoms with Crippen LogP contribution in [0.25, 0.3) is 0 Å². The van der Waals surface area contributed by atoms with Crippen molar-refractivity contribution < 1.29 is 60.1 Å². The van der Waals surface area contributed by atoms with Crippen molar-refractivity contribution in [1.29, 1.82) is 0 Å². The van der Waals surface area contributed by atoms with Crippen LogP contribution in [0.4, 0.5) is 13.2 Å². The van der Waals surface area contributed by atoms with E-state index in [-0.39, 0.29) is 37.3 Å². The van der Waals surface area contributed by atoms with Crippen LogP contribution in [0.3, 0.4) is 0 Å². The van der Waals surface area contributed by atoms with E-state index < -0.39 is 24.2 Å². The third-order valence-electron chi connectivity index (χ3n) is 0.726. The number of alkyl halides is 3. The molecule has 2 nitrogen and oxygen atoms in total. The van der Waals surface area contributed by atoms with Gasteiger partial charge in [-0.15, -0.1) is 0 Å². The molecule has 0 aliphatic carbocycles. The van der Waals surface area contributed by atoms with Gasteiger partial charge in [0.05, 0.1) is 6.42 Å². The number of Topliss-reactive ketones (excluding diaryl/α,β-unsaturated/α-hetero) is 2. The number of carbonyl (C=O) groups is 2. The van der Waals surface area contributed by atoms with E-state index in [9.17, 15) is 22.8 Å². The largest absolute Gasteiger partial charge is 0.450 e. The molecule has 0 atom stereocenters. The summed E-state index contributed by atoms with van der Waals surface area (Å²) >= 11 is 0. The molecule has 0 saturated heterocycles. The molecular weight excluding hydrogens is 316 g/mol. The fraction of sp³-hybridized carbons (Fsp3) is 0.600. The maximum Gasteiger partial charge on any atom is 0.450 e. The van der Waals surface area contributed by atoms with Gasteiger partial charge in [-0.1, -0.05) is 0 Å². The normalized spacial score (nSPS) is 10.2. The maximum atomic E-state index is 11.3. The molecule has 6 heteroatoms. The van der Waals surface area contributed by atoms with Crippen LogP contribution in [0.15, 0.2) is 0 Å². The van der Waals surface area contributed by atoms with Crippen molar-refractivity contribution in [3.8, 4) is 0 Å². The maximum absolute atomic E-state index is 11.3. The van der Waals surface area contributed by atoms with Crippen LogP contribution < -0.4 is 0 Å². The summed E-state index contributed by atoms with van der Waals surface area (Å²) in [6.07, 6.45) is -5.92. The predicted molar refractivity (Wildman–Crippen MR) is 26.4 cm³/mol. The Labute approximate surface area is 90.7 Å². The van der Waals surface area contributed by atoms with Gasteiger partial charge in [-0.25, -0.2) is 0 Å². The third kappa shape index (κ3) is 6.76. The van der Waals surface area contributed by atoms with Crippen LogP contribution in [0, 0.1) is 37.3 Å². The molecular formula is C5H5ErF3O2. The van der Waals surface area contributed by atoms with E-state index in [4.69, 9.17) is 0 Å². The molecule has 0 amide bonds. The van der Waals surface area contributed by atoms with Gasteiger partial charge in [0, 0.05) is 37.3 Å². The van der Waals surface area contributed by atoms with E-state index in [0.717, 1.165) is 6.92 Å². The second-order valence-electron chi connectivity index (χ2n) is 1.80. The summed E-state index contributed by atoms with van der Waals surface area (Å²) in [6, 6.07) is 0. The SMILES string of the molecule is CC(=O)CC(=O)C(F)(F)F.[Er]. The van der Waals surface area contributed by atoms with Crippen molar-refractivity contribution in [2.45, 2.75) is 19.5 Å². The summed E-state index contributed by atoms with van der Waals surface area (Å²) in [5.41, 5.74) is 0. The number of hydrogen-bond donors (Lipinski definition) is 0. The van der Waals surface area contributed by atoms with Crippen LogP contribution >= 0.6 is 0 Å². The van der Waals surface area contributed by atoms with Gasteiger partial charge >= 0.3 is 6.18 Å². The van der Waals surface area contributed by atoms with Gasteiger partial charge in [0.25, 0.3) is 0 Å².